The molecule has 0 aliphatic carbocycles. The number of hydrogen-bond donors (Lipinski definition) is 0. The quantitative estimate of drug-likeness (QED) is 0.175. The van der Waals surface area contributed by atoms with Crippen molar-refractivity contribution in [3.63, 3.8) is 0 Å². The summed E-state index contributed by atoms with van der Waals surface area (Å²) in [5.41, 5.74) is -12.0. The highest BCUT2D eigenvalue weighted by Gasteiger charge is 2.24. The van der Waals surface area contributed by atoms with Crippen molar-refractivity contribution in [1.29, 1.82) is 0 Å². The number of furan rings is 2. The zero-order valence-electron chi connectivity index (χ0n) is 56.3. The van der Waals surface area contributed by atoms with E-state index in [1.807, 2.05) is 0 Å². The molecule has 0 aliphatic heterocycles. The van der Waals surface area contributed by atoms with E-state index in [1.54, 1.807) is 0 Å². The van der Waals surface area contributed by atoms with E-state index in [0.29, 0.717) is 4.90 Å². The Morgan fingerprint density at radius 1 is 0.353 bits per heavy atom. The van der Waals surface area contributed by atoms with Crippen LogP contribution in [0.25, 0.3) is 77.3 Å². The third-order valence-electron chi connectivity index (χ3n) is 7.63. The summed E-state index contributed by atoms with van der Waals surface area (Å²) in [7, 11) is 0. The molecule has 0 unspecified atom stereocenters. The van der Waals surface area contributed by atoms with Crippen molar-refractivity contribution in [2.45, 2.75) is 0 Å². The first kappa shape index (κ1) is 11.6. The van der Waals surface area contributed by atoms with Crippen LogP contribution in [0.5, 0.6) is 0 Å². The van der Waals surface area contributed by atoms with E-state index in [4.69, 9.17) is 36.2 Å². The van der Waals surface area contributed by atoms with Crippen LogP contribution in [-0.4, -0.2) is 0 Å². The molecule has 0 N–H and O–H groups in total. The van der Waals surface area contributed by atoms with Crippen molar-refractivity contribution >= 4 is 60.9 Å². The molecule has 0 aliphatic rings. The van der Waals surface area contributed by atoms with Gasteiger partial charge in [0.2, 0.25) is 0 Å². The molecular weight excluding hydrogens is 623 g/mol. The van der Waals surface area contributed by atoms with Crippen molar-refractivity contribution in [3.8, 4) is 33.4 Å². The minimum absolute atomic E-state index is 0.353. The molecule has 0 bridgehead atoms. The lowest BCUT2D eigenvalue weighted by Gasteiger charge is -2.26. The summed E-state index contributed by atoms with van der Waals surface area (Å²) in [5, 5.41) is -2.24. The van der Waals surface area contributed by atoms with Crippen molar-refractivity contribution in [1.82, 2.24) is 0 Å². The van der Waals surface area contributed by atoms with E-state index in [-0.39, 0.29) is 0 Å². The molecular formula is C48H31NO2. The van der Waals surface area contributed by atoms with Gasteiger partial charge in [-0.1, -0.05) is 133 Å². The molecule has 0 saturated heterocycles. The maximum absolute atomic E-state index is 10.2. The monoisotopic (exact) mass is 684 g/mol. The summed E-state index contributed by atoms with van der Waals surface area (Å²) in [4.78, 5) is 0.353. The lowest BCUT2D eigenvalue weighted by Crippen LogP contribution is -2.10. The summed E-state index contributed by atoms with van der Waals surface area (Å²) in [5.74, 6) is 0. The van der Waals surface area contributed by atoms with Crippen LogP contribution in [0.1, 0.15) is 42.5 Å². The highest BCUT2D eigenvalue weighted by Crippen LogP contribution is 2.47. The Morgan fingerprint density at radius 3 is 1.37 bits per heavy atom. The van der Waals surface area contributed by atoms with Gasteiger partial charge in [-0.05, 0) is 87.8 Å². The van der Waals surface area contributed by atoms with Crippen LogP contribution >= 0.6 is 0 Å². The molecule has 3 heteroatoms. The highest BCUT2D eigenvalue weighted by atomic mass is 16.3. The van der Waals surface area contributed by atoms with E-state index in [0.717, 1.165) is 0 Å². The Labute approximate surface area is 338 Å². The second-order valence-electron chi connectivity index (χ2n) is 10.5. The minimum Gasteiger partial charge on any atom is -0.456 e. The summed E-state index contributed by atoms with van der Waals surface area (Å²) < 4.78 is 290. The number of anilines is 3. The fourth-order valence-electron chi connectivity index (χ4n) is 5.46. The second-order valence-corrected chi connectivity index (χ2v) is 10.5. The van der Waals surface area contributed by atoms with E-state index in [2.05, 4.69) is 0 Å². The maximum atomic E-state index is 10.2. The molecule has 0 spiro atoms. The fraction of sp³-hybridized carbons (Fsp3) is 0. The van der Waals surface area contributed by atoms with Gasteiger partial charge in [0.25, 0.3) is 0 Å². The Hall–Kier alpha value is -6.84. The van der Waals surface area contributed by atoms with Gasteiger partial charge < -0.3 is 13.7 Å². The molecule has 2 heterocycles. The topological polar surface area (TPSA) is 29.5 Å². The number of nitrogens with zero attached hydrogens (tertiary/aromatic N) is 1. The third-order valence-corrected chi connectivity index (χ3v) is 7.63. The summed E-state index contributed by atoms with van der Waals surface area (Å²) in [6.07, 6.45) is 0. The standard InChI is InChI=1S/C48H31NO2/c1-4-12-32(13-5-1)35-20-24-38(25-21-35)49(39-26-22-36(23-27-39)33-14-6-2-7-15-33)42-31-37(34-16-8-3-9-17-34)30-41-47-45(51-48(41)42)29-28-44-46(47)40-18-10-11-19-43(40)50-44/h1-31H/i1D,2D,3D,4D,5D,6D,7D,8D,9D,10D,11D,12D,13D,14D,15D,16D,17D,18D,19D,20D,21D,22D,23D,24D,25D,26D,27D,28D,29D,30D,31D. The first-order valence-electron chi connectivity index (χ1n) is 30.2. The Kier molecular flexibility index (Phi) is 2.72. The lowest BCUT2D eigenvalue weighted by atomic mass is 9.98. The van der Waals surface area contributed by atoms with Gasteiger partial charge in [0.15, 0.2) is 5.58 Å². The SMILES string of the molecule is [2H]c1c([2H])c([2H])c(-c2c([2H])c([2H])c(N(c3c([2H])c([2H])c(-c4c([2H])c([2H])c([2H])c([2H])c4[2H])c([2H])c3[2H])c3c([2H])c(-c4c([2H])c([2H])c([2H])c([2H])c4[2H])c([2H])c4c3oc3c([2H])c([2H])c5oc6c([2H])c([2H])c([2H])c([2H])c6c5c34)c([2H])c2[2H])c([2H])c1[2H]. The van der Waals surface area contributed by atoms with E-state index >= 15 is 0 Å². The largest absolute Gasteiger partial charge is 0.456 e. The molecule has 0 fully saturated rings. The van der Waals surface area contributed by atoms with Crippen LogP contribution in [0, 0.1) is 0 Å². The van der Waals surface area contributed by atoms with Gasteiger partial charge in [-0.3, -0.25) is 0 Å². The summed E-state index contributed by atoms with van der Waals surface area (Å²) in [6, 6.07) is -32.4. The number of rotatable bonds is 6. The normalized spacial score (nSPS) is 20.0. The average molecular weight is 685 g/mol. The van der Waals surface area contributed by atoms with Crippen LogP contribution in [0.2, 0.25) is 0 Å². The van der Waals surface area contributed by atoms with Gasteiger partial charge in [-0.15, -0.1) is 0 Å². The average Bonchev–Trinajstić information content (AvgIpc) is 4.16. The van der Waals surface area contributed by atoms with Gasteiger partial charge >= 0.3 is 0 Å². The molecule has 2 aromatic heterocycles. The van der Waals surface area contributed by atoms with Gasteiger partial charge in [-0.25, -0.2) is 0 Å². The molecule has 10 rings (SSSR count). The molecule has 0 radical (unpaired) electrons. The summed E-state index contributed by atoms with van der Waals surface area (Å²) >= 11 is 0. The number of benzene rings is 8. The smallest absolute Gasteiger partial charge is 0.159 e. The van der Waals surface area contributed by atoms with Crippen molar-refractivity contribution in [2.75, 3.05) is 4.90 Å². The minimum atomic E-state index is -1.31. The van der Waals surface area contributed by atoms with Gasteiger partial charge in [-0.2, -0.15) is 0 Å². The van der Waals surface area contributed by atoms with E-state index in [1.165, 1.54) is 0 Å². The summed E-state index contributed by atoms with van der Waals surface area (Å²) in [6.45, 7) is 0. The van der Waals surface area contributed by atoms with E-state index < -0.39 is 282 Å². The Morgan fingerprint density at radius 2 is 0.804 bits per heavy atom. The maximum Gasteiger partial charge on any atom is 0.159 e. The first-order chi connectivity index (χ1) is 38.2. The molecule has 0 atom stereocenters. The predicted octanol–water partition coefficient (Wildman–Crippen LogP) is 14.0. The van der Waals surface area contributed by atoms with Gasteiger partial charge in [0.1, 0.15) is 16.7 Å². The zero-order valence-corrected chi connectivity index (χ0v) is 25.3. The van der Waals surface area contributed by atoms with Crippen molar-refractivity contribution in [3.05, 3.63) is 187 Å². The second kappa shape index (κ2) is 11.9. The fourth-order valence-corrected chi connectivity index (χ4v) is 5.46. The molecule has 8 aromatic carbocycles. The van der Waals surface area contributed by atoms with Crippen molar-refractivity contribution in [2.24, 2.45) is 0 Å². The molecule has 51 heavy (non-hydrogen) atoms. The molecule has 0 saturated carbocycles. The first-order valence-corrected chi connectivity index (χ1v) is 14.7. The Bertz CT molecular complexity index is 4380. The van der Waals surface area contributed by atoms with Crippen LogP contribution in [0.15, 0.2) is 196 Å². The van der Waals surface area contributed by atoms with Crippen LogP contribution < -0.4 is 4.90 Å². The van der Waals surface area contributed by atoms with Crippen molar-refractivity contribution < 1.29 is 51.3 Å². The lowest BCUT2D eigenvalue weighted by molar-refractivity contribution is 0.663. The molecule has 3 nitrogen and oxygen atoms in total. The number of fused-ring (bicyclic) bond motifs is 7. The van der Waals surface area contributed by atoms with Crippen LogP contribution in [0.4, 0.5) is 17.1 Å². The third kappa shape index (κ3) is 4.98. The molecule has 240 valence electrons. The predicted molar refractivity (Wildman–Crippen MR) is 212 cm³/mol. The van der Waals surface area contributed by atoms with Gasteiger partial charge in [0.05, 0.1) is 48.2 Å². The molecule has 0 amide bonds. The van der Waals surface area contributed by atoms with E-state index in [9.17, 15) is 15.1 Å². The Balaban J connectivity index is 1.52. The molecule has 10 aromatic rings. The highest BCUT2D eigenvalue weighted by molar-refractivity contribution is 6.27. The number of para-hydroxylation sites is 1. The van der Waals surface area contributed by atoms with Crippen LogP contribution in [0.3, 0.4) is 0 Å². The van der Waals surface area contributed by atoms with Gasteiger partial charge in [0, 0.05) is 32.9 Å². The number of hydrogen-bond acceptors (Lipinski definition) is 3. The van der Waals surface area contributed by atoms with Crippen LogP contribution in [-0.2, 0) is 0 Å². The zero-order chi connectivity index (χ0) is 60.7.